The van der Waals surface area contributed by atoms with Crippen LogP contribution in [0.3, 0.4) is 0 Å². The van der Waals surface area contributed by atoms with Gasteiger partial charge in [-0.25, -0.2) is 4.39 Å². The van der Waals surface area contributed by atoms with Crippen molar-refractivity contribution in [2.45, 2.75) is 32.4 Å². The molecule has 1 aliphatic heterocycles. The molecule has 1 fully saturated rings. The third-order valence-electron chi connectivity index (χ3n) is 3.15. The van der Waals surface area contributed by atoms with E-state index < -0.39 is 5.54 Å². The first-order valence-electron chi connectivity index (χ1n) is 5.77. The average molecular weight is 236 g/mol. The van der Waals surface area contributed by atoms with E-state index in [1.807, 2.05) is 20.8 Å². The van der Waals surface area contributed by atoms with Gasteiger partial charge in [-0.2, -0.15) is 0 Å². The number of nitrogens with zero attached hydrogens (tertiary/aromatic N) is 1. The summed E-state index contributed by atoms with van der Waals surface area (Å²) in [5.74, 6) is -0.452. The molecule has 0 saturated carbocycles. The van der Waals surface area contributed by atoms with Crippen molar-refractivity contribution in [3.63, 3.8) is 0 Å². The number of piperazine rings is 1. The Morgan fingerprint density at radius 3 is 2.71 bits per heavy atom. The van der Waals surface area contributed by atoms with Gasteiger partial charge in [0.15, 0.2) is 0 Å². The lowest BCUT2D eigenvalue weighted by atomic mass is 9.97. The van der Waals surface area contributed by atoms with E-state index in [9.17, 15) is 9.18 Å². The molecule has 0 spiro atoms. The van der Waals surface area contributed by atoms with E-state index in [0.717, 1.165) is 0 Å². The number of halogens is 1. The van der Waals surface area contributed by atoms with Crippen LogP contribution in [0.2, 0.25) is 0 Å². The van der Waals surface area contributed by atoms with Gasteiger partial charge in [-0.1, -0.05) is 12.1 Å². The van der Waals surface area contributed by atoms with Crippen LogP contribution in [0.4, 0.5) is 10.1 Å². The minimum atomic E-state index is -0.644. The van der Waals surface area contributed by atoms with Crippen molar-refractivity contribution in [3.8, 4) is 0 Å². The van der Waals surface area contributed by atoms with Gasteiger partial charge in [0.2, 0.25) is 5.91 Å². The Balaban J connectivity index is 2.42. The predicted octanol–water partition coefficient (Wildman–Crippen LogP) is 1.93. The van der Waals surface area contributed by atoms with Gasteiger partial charge in [0, 0.05) is 12.6 Å². The van der Waals surface area contributed by atoms with Crippen LogP contribution in [0.25, 0.3) is 0 Å². The second-order valence-electron chi connectivity index (χ2n) is 4.98. The summed E-state index contributed by atoms with van der Waals surface area (Å²) in [7, 11) is 0. The maximum absolute atomic E-state index is 13.8. The molecule has 1 atom stereocenters. The molecule has 0 bridgehead atoms. The van der Waals surface area contributed by atoms with Crippen LogP contribution >= 0.6 is 0 Å². The number of hydrogen-bond donors (Lipinski definition) is 1. The van der Waals surface area contributed by atoms with Crippen LogP contribution in [-0.4, -0.2) is 24.0 Å². The number of para-hydroxylation sites is 1. The molecule has 1 saturated heterocycles. The lowest BCUT2D eigenvalue weighted by Gasteiger charge is -2.42. The van der Waals surface area contributed by atoms with E-state index in [2.05, 4.69) is 5.32 Å². The smallest absolute Gasteiger partial charge is 0.247 e. The van der Waals surface area contributed by atoms with E-state index in [-0.39, 0.29) is 17.8 Å². The van der Waals surface area contributed by atoms with Crippen molar-refractivity contribution in [2.75, 3.05) is 11.4 Å². The number of nitrogens with one attached hydrogen (secondary N) is 1. The van der Waals surface area contributed by atoms with E-state index in [1.165, 1.54) is 6.07 Å². The number of carbonyl (C=O) groups is 1. The average Bonchev–Trinajstić information content (AvgIpc) is 2.27. The predicted molar refractivity (Wildman–Crippen MR) is 65.4 cm³/mol. The largest absolute Gasteiger partial charge is 0.304 e. The molecule has 1 N–H and O–H groups in total. The molecule has 1 heterocycles. The van der Waals surface area contributed by atoms with Crippen LogP contribution in [0.1, 0.15) is 20.8 Å². The molecule has 0 radical (unpaired) electrons. The number of hydrogen-bond acceptors (Lipinski definition) is 2. The second kappa shape index (κ2) is 4.11. The van der Waals surface area contributed by atoms with Gasteiger partial charge in [0.25, 0.3) is 0 Å². The first-order chi connectivity index (χ1) is 7.93. The first kappa shape index (κ1) is 12.0. The van der Waals surface area contributed by atoms with E-state index in [1.54, 1.807) is 23.1 Å². The highest BCUT2D eigenvalue weighted by Gasteiger charge is 2.40. The van der Waals surface area contributed by atoms with Crippen molar-refractivity contribution >= 4 is 11.6 Å². The summed E-state index contributed by atoms with van der Waals surface area (Å²) in [4.78, 5) is 13.9. The van der Waals surface area contributed by atoms with Crippen LogP contribution in [0.5, 0.6) is 0 Å². The number of anilines is 1. The maximum Gasteiger partial charge on any atom is 0.247 e. The summed E-state index contributed by atoms with van der Waals surface area (Å²) in [5, 5.41) is 3.16. The monoisotopic (exact) mass is 236 g/mol. The first-order valence-corrected chi connectivity index (χ1v) is 5.77. The molecule has 1 unspecified atom stereocenters. The fourth-order valence-electron chi connectivity index (χ4n) is 2.06. The Morgan fingerprint density at radius 1 is 1.41 bits per heavy atom. The number of amides is 1. The van der Waals surface area contributed by atoms with Crippen molar-refractivity contribution < 1.29 is 9.18 Å². The third-order valence-corrected chi connectivity index (χ3v) is 3.15. The van der Waals surface area contributed by atoms with Gasteiger partial charge < -0.3 is 10.2 Å². The molecule has 1 amide bonds. The lowest BCUT2D eigenvalue weighted by molar-refractivity contribution is -0.125. The molecule has 1 aliphatic rings. The van der Waals surface area contributed by atoms with Gasteiger partial charge >= 0.3 is 0 Å². The highest BCUT2D eigenvalue weighted by Crippen LogP contribution is 2.26. The third kappa shape index (κ3) is 2.05. The minimum Gasteiger partial charge on any atom is -0.304 e. The van der Waals surface area contributed by atoms with Crippen LogP contribution in [-0.2, 0) is 4.79 Å². The van der Waals surface area contributed by atoms with Crippen LogP contribution in [0, 0.1) is 5.82 Å². The van der Waals surface area contributed by atoms with Crippen molar-refractivity contribution in [3.05, 3.63) is 30.1 Å². The lowest BCUT2D eigenvalue weighted by Crippen LogP contribution is -2.65. The van der Waals surface area contributed by atoms with E-state index in [4.69, 9.17) is 0 Å². The molecule has 92 valence electrons. The number of rotatable bonds is 1. The molecule has 3 nitrogen and oxygen atoms in total. The highest BCUT2D eigenvalue weighted by atomic mass is 19.1. The van der Waals surface area contributed by atoms with Gasteiger partial charge in [-0.3, -0.25) is 4.79 Å². The minimum absolute atomic E-state index is 0.0487. The van der Waals surface area contributed by atoms with Crippen LogP contribution < -0.4 is 10.2 Å². The zero-order valence-corrected chi connectivity index (χ0v) is 10.3. The summed E-state index contributed by atoms with van der Waals surface area (Å²) in [6.07, 6.45) is 0. The molecule has 4 heteroatoms. The second-order valence-corrected chi connectivity index (χ2v) is 4.98. The molecule has 2 rings (SSSR count). The number of carbonyl (C=O) groups excluding carboxylic acids is 1. The summed E-state index contributed by atoms with van der Waals surface area (Å²) in [5.41, 5.74) is -0.283. The molecule has 0 aromatic heterocycles. The van der Waals surface area contributed by atoms with E-state index >= 15 is 0 Å². The SMILES string of the molecule is CC1CNC(C)(C)C(=O)N1c1ccccc1F. The Bertz CT molecular complexity index is 445. The summed E-state index contributed by atoms with van der Waals surface area (Å²) in [6, 6.07) is 6.34. The molecule has 0 aliphatic carbocycles. The Kier molecular flexibility index (Phi) is 2.91. The summed E-state index contributed by atoms with van der Waals surface area (Å²) in [6.45, 7) is 6.20. The summed E-state index contributed by atoms with van der Waals surface area (Å²) >= 11 is 0. The van der Waals surface area contributed by atoms with Crippen LogP contribution in [0.15, 0.2) is 24.3 Å². The van der Waals surface area contributed by atoms with Gasteiger partial charge in [-0.15, -0.1) is 0 Å². The number of benzene rings is 1. The topological polar surface area (TPSA) is 32.3 Å². The fourth-order valence-corrected chi connectivity index (χ4v) is 2.06. The maximum atomic E-state index is 13.8. The van der Waals surface area contributed by atoms with Crippen molar-refractivity contribution in [1.29, 1.82) is 0 Å². The zero-order chi connectivity index (χ0) is 12.6. The van der Waals surface area contributed by atoms with Gasteiger partial charge in [0.1, 0.15) is 5.82 Å². The molecular formula is C13H17FN2O. The van der Waals surface area contributed by atoms with Gasteiger partial charge in [-0.05, 0) is 32.9 Å². The fraction of sp³-hybridized carbons (Fsp3) is 0.462. The molecule has 17 heavy (non-hydrogen) atoms. The van der Waals surface area contributed by atoms with E-state index in [0.29, 0.717) is 12.2 Å². The molecule has 1 aromatic carbocycles. The van der Waals surface area contributed by atoms with Crippen molar-refractivity contribution in [2.24, 2.45) is 0 Å². The summed E-state index contributed by atoms with van der Waals surface area (Å²) < 4.78 is 13.8. The zero-order valence-electron chi connectivity index (χ0n) is 10.3. The van der Waals surface area contributed by atoms with Crippen molar-refractivity contribution in [1.82, 2.24) is 5.32 Å². The normalized spacial score (nSPS) is 23.9. The Labute approximate surface area is 101 Å². The Morgan fingerprint density at radius 2 is 2.06 bits per heavy atom. The molecular weight excluding hydrogens is 219 g/mol. The Hall–Kier alpha value is -1.42. The quantitative estimate of drug-likeness (QED) is 0.808. The standard InChI is InChI=1S/C13H17FN2O/c1-9-8-15-13(2,3)12(17)16(9)11-7-5-4-6-10(11)14/h4-7,9,15H,8H2,1-3H3. The van der Waals surface area contributed by atoms with Gasteiger partial charge in [0.05, 0.1) is 11.2 Å². The molecule has 1 aromatic rings. The highest BCUT2D eigenvalue weighted by molar-refractivity contribution is 6.01.